The zero-order chi connectivity index (χ0) is 12.3. The van der Waals surface area contributed by atoms with Crippen LogP contribution in [-0.4, -0.2) is 22.2 Å². The molecule has 1 rings (SSSR count). The second kappa shape index (κ2) is 4.87. The summed E-state index contributed by atoms with van der Waals surface area (Å²) in [7, 11) is 0. The van der Waals surface area contributed by atoms with Gasteiger partial charge in [0.1, 0.15) is 5.82 Å². The van der Waals surface area contributed by atoms with Crippen LogP contribution >= 0.6 is 0 Å². The van der Waals surface area contributed by atoms with E-state index in [9.17, 15) is 4.79 Å². The largest absolute Gasteiger partial charge is 0.394 e. The molecule has 16 heavy (non-hydrogen) atoms. The molecule has 0 saturated heterocycles. The summed E-state index contributed by atoms with van der Waals surface area (Å²) in [6.07, 6.45) is 0.280. The predicted molar refractivity (Wildman–Crippen MR) is 64.1 cm³/mol. The lowest BCUT2D eigenvalue weighted by atomic mass is 10.3. The van der Waals surface area contributed by atoms with E-state index in [1.54, 1.807) is 0 Å². The molecule has 0 bridgehead atoms. The normalized spacial score (nSPS) is 10.8. The van der Waals surface area contributed by atoms with Gasteiger partial charge in [-0.2, -0.15) is 5.10 Å². The van der Waals surface area contributed by atoms with Crippen molar-refractivity contribution >= 4 is 17.4 Å². The molecule has 1 heterocycles. The molecule has 0 radical (unpaired) electrons. The number of primary amides is 1. The molecule has 0 aliphatic rings. The SMILES string of the molecule is Cc1nn(C(C)C)c(NCCC(N)=O)c1N. The lowest BCUT2D eigenvalue weighted by molar-refractivity contribution is -0.117. The van der Waals surface area contributed by atoms with Crippen LogP contribution < -0.4 is 16.8 Å². The number of hydrogen-bond donors (Lipinski definition) is 3. The van der Waals surface area contributed by atoms with Gasteiger partial charge in [0.05, 0.1) is 11.4 Å². The number of hydrogen-bond acceptors (Lipinski definition) is 4. The average Bonchev–Trinajstić information content (AvgIpc) is 2.45. The maximum Gasteiger partial charge on any atom is 0.219 e. The van der Waals surface area contributed by atoms with Gasteiger partial charge < -0.3 is 16.8 Å². The first kappa shape index (κ1) is 12.4. The van der Waals surface area contributed by atoms with Gasteiger partial charge >= 0.3 is 0 Å². The number of nitrogens with two attached hydrogens (primary N) is 2. The van der Waals surface area contributed by atoms with Gasteiger partial charge in [-0.25, -0.2) is 4.68 Å². The number of carbonyl (C=O) groups is 1. The molecule has 0 spiro atoms. The minimum Gasteiger partial charge on any atom is -0.394 e. The van der Waals surface area contributed by atoms with Crippen LogP contribution in [0.4, 0.5) is 11.5 Å². The zero-order valence-corrected chi connectivity index (χ0v) is 9.95. The van der Waals surface area contributed by atoms with Crippen LogP contribution in [0.25, 0.3) is 0 Å². The van der Waals surface area contributed by atoms with Crippen molar-refractivity contribution in [3.63, 3.8) is 0 Å². The number of aryl methyl sites for hydroxylation is 1. The lowest BCUT2D eigenvalue weighted by Gasteiger charge is -2.12. The Bertz CT molecular complexity index is 383. The fraction of sp³-hybridized carbons (Fsp3) is 0.600. The Morgan fingerprint density at radius 3 is 2.69 bits per heavy atom. The Morgan fingerprint density at radius 1 is 1.56 bits per heavy atom. The minimum atomic E-state index is -0.335. The van der Waals surface area contributed by atoms with Crippen molar-refractivity contribution in [1.82, 2.24) is 9.78 Å². The molecule has 0 aliphatic heterocycles. The molecular weight excluding hydrogens is 206 g/mol. The van der Waals surface area contributed by atoms with Crippen molar-refractivity contribution in [3.8, 4) is 0 Å². The lowest BCUT2D eigenvalue weighted by Crippen LogP contribution is -2.18. The van der Waals surface area contributed by atoms with Crippen molar-refractivity contribution in [1.29, 1.82) is 0 Å². The van der Waals surface area contributed by atoms with Gasteiger partial charge in [-0.05, 0) is 20.8 Å². The number of rotatable bonds is 5. The standard InChI is InChI=1S/C10H19N5O/c1-6(2)15-10(9(12)7(3)14-15)13-5-4-8(11)16/h6,13H,4-5,12H2,1-3H3,(H2,11,16). The Labute approximate surface area is 95.0 Å². The highest BCUT2D eigenvalue weighted by atomic mass is 16.1. The van der Waals surface area contributed by atoms with Crippen molar-refractivity contribution in [2.24, 2.45) is 5.73 Å². The summed E-state index contributed by atoms with van der Waals surface area (Å²) in [5.74, 6) is 0.423. The fourth-order valence-electron chi connectivity index (χ4n) is 1.41. The number of amides is 1. The number of aromatic nitrogens is 2. The van der Waals surface area contributed by atoms with Gasteiger partial charge in [0.25, 0.3) is 0 Å². The van der Waals surface area contributed by atoms with Crippen LogP contribution in [0.3, 0.4) is 0 Å². The maximum absolute atomic E-state index is 10.6. The summed E-state index contributed by atoms with van der Waals surface area (Å²) in [5, 5.41) is 7.41. The highest BCUT2D eigenvalue weighted by Crippen LogP contribution is 2.25. The van der Waals surface area contributed by atoms with E-state index in [1.807, 2.05) is 25.5 Å². The van der Waals surface area contributed by atoms with Gasteiger partial charge in [-0.3, -0.25) is 4.79 Å². The average molecular weight is 225 g/mol. The molecule has 0 atom stereocenters. The first-order valence-corrected chi connectivity index (χ1v) is 5.30. The Balaban J connectivity index is 2.80. The second-order valence-electron chi connectivity index (χ2n) is 4.03. The summed E-state index contributed by atoms with van der Waals surface area (Å²) in [5.41, 5.74) is 12.4. The van der Waals surface area contributed by atoms with E-state index in [4.69, 9.17) is 11.5 Å². The number of anilines is 2. The van der Waals surface area contributed by atoms with Crippen LogP contribution in [-0.2, 0) is 4.79 Å². The summed E-state index contributed by atoms with van der Waals surface area (Å²) in [6, 6.07) is 0.215. The maximum atomic E-state index is 10.6. The molecule has 0 unspecified atom stereocenters. The van der Waals surface area contributed by atoms with Gasteiger partial charge in [0, 0.05) is 19.0 Å². The number of nitrogens with zero attached hydrogens (tertiary/aromatic N) is 2. The monoisotopic (exact) mass is 225 g/mol. The third-order valence-corrected chi connectivity index (χ3v) is 2.28. The molecule has 6 nitrogen and oxygen atoms in total. The molecule has 5 N–H and O–H groups in total. The fourth-order valence-corrected chi connectivity index (χ4v) is 1.41. The topological polar surface area (TPSA) is 99.0 Å². The zero-order valence-electron chi connectivity index (χ0n) is 9.95. The molecule has 1 amide bonds. The van der Waals surface area contributed by atoms with Gasteiger partial charge in [0.2, 0.25) is 5.91 Å². The molecular formula is C10H19N5O. The quantitative estimate of drug-likeness (QED) is 0.684. The van der Waals surface area contributed by atoms with Crippen LogP contribution in [0.1, 0.15) is 32.0 Å². The third kappa shape index (κ3) is 2.65. The highest BCUT2D eigenvalue weighted by Gasteiger charge is 2.14. The first-order chi connectivity index (χ1) is 7.43. The van der Waals surface area contributed by atoms with Crippen molar-refractivity contribution in [2.45, 2.75) is 33.2 Å². The van der Waals surface area contributed by atoms with Gasteiger partial charge in [-0.1, -0.05) is 0 Å². The van der Waals surface area contributed by atoms with E-state index in [2.05, 4.69) is 10.4 Å². The Hall–Kier alpha value is -1.72. The summed E-state index contributed by atoms with van der Waals surface area (Å²) in [4.78, 5) is 10.6. The van der Waals surface area contributed by atoms with Crippen molar-refractivity contribution < 1.29 is 4.79 Å². The summed E-state index contributed by atoms with van der Waals surface area (Å²) >= 11 is 0. The molecule has 6 heteroatoms. The van der Waals surface area contributed by atoms with Crippen LogP contribution in [0.2, 0.25) is 0 Å². The van der Waals surface area contributed by atoms with E-state index < -0.39 is 0 Å². The van der Waals surface area contributed by atoms with Crippen molar-refractivity contribution in [3.05, 3.63) is 5.69 Å². The van der Waals surface area contributed by atoms with E-state index in [-0.39, 0.29) is 18.4 Å². The smallest absolute Gasteiger partial charge is 0.219 e. The molecule has 0 aromatic carbocycles. The highest BCUT2D eigenvalue weighted by molar-refractivity contribution is 5.74. The number of nitrogens with one attached hydrogen (secondary N) is 1. The molecule has 90 valence electrons. The molecule has 0 fully saturated rings. The number of nitrogen functional groups attached to an aromatic ring is 1. The first-order valence-electron chi connectivity index (χ1n) is 5.30. The predicted octanol–water partition coefficient (Wildman–Crippen LogP) is 0.642. The van der Waals surface area contributed by atoms with E-state index in [0.29, 0.717) is 12.2 Å². The Kier molecular flexibility index (Phi) is 3.76. The molecule has 1 aromatic rings. The molecule has 0 saturated carbocycles. The van der Waals surface area contributed by atoms with E-state index in [0.717, 1.165) is 11.5 Å². The third-order valence-electron chi connectivity index (χ3n) is 2.28. The van der Waals surface area contributed by atoms with Gasteiger partial charge in [0.15, 0.2) is 0 Å². The van der Waals surface area contributed by atoms with Crippen LogP contribution in [0, 0.1) is 6.92 Å². The summed E-state index contributed by atoms with van der Waals surface area (Å²) < 4.78 is 1.81. The van der Waals surface area contributed by atoms with Crippen molar-refractivity contribution in [2.75, 3.05) is 17.6 Å². The second-order valence-corrected chi connectivity index (χ2v) is 4.03. The number of carbonyl (C=O) groups excluding carboxylic acids is 1. The summed E-state index contributed by atoms with van der Waals surface area (Å²) in [6.45, 7) is 6.36. The minimum absolute atomic E-state index is 0.215. The Morgan fingerprint density at radius 2 is 2.19 bits per heavy atom. The molecule has 1 aromatic heterocycles. The van der Waals surface area contributed by atoms with Gasteiger partial charge in [-0.15, -0.1) is 0 Å². The molecule has 0 aliphatic carbocycles. The van der Waals surface area contributed by atoms with Crippen LogP contribution in [0.5, 0.6) is 0 Å². The van der Waals surface area contributed by atoms with E-state index >= 15 is 0 Å². The van der Waals surface area contributed by atoms with E-state index in [1.165, 1.54) is 0 Å². The van der Waals surface area contributed by atoms with Crippen LogP contribution in [0.15, 0.2) is 0 Å².